The normalized spacial score (nSPS) is 12.6. The number of hydrogen-bond acceptors (Lipinski definition) is 3. The Bertz CT molecular complexity index is 472. The van der Waals surface area contributed by atoms with Crippen molar-refractivity contribution in [3.05, 3.63) is 54.2 Å². The van der Waals surface area contributed by atoms with Crippen molar-refractivity contribution in [2.24, 2.45) is 0 Å². The molecule has 0 amide bonds. The molecular formula is C14H16FNOS. The van der Waals surface area contributed by atoms with Crippen LogP contribution in [0, 0.1) is 5.82 Å². The Morgan fingerprint density at radius 1 is 1.39 bits per heavy atom. The molecule has 1 unspecified atom stereocenters. The largest absolute Gasteiger partial charge is 0.472 e. The number of hydrogen-bond donors (Lipinski definition) is 1. The molecule has 0 aliphatic rings. The monoisotopic (exact) mass is 265 g/mol. The van der Waals surface area contributed by atoms with Gasteiger partial charge in [0.25, 0.3) is 0 Å². The summed E-state index contributed by atoms with van der Waals surface area (Å²) in [6.45, 7) is 2.96. The first kappa shape index (κ1) is 13.2. The Kier molecular flexibility index (Phi) is 4.84. The van der Waals surface area contributed by atoms with E-state index in [2.05, 4.69) is 12.2 Å². The van der Waals surface area contributed by atoms with Gasteiger partial charge in [-0.05, 0) is 30.8 Å². The van der Waals surface area contributed by atoms with Crippen LogP contribution in [0.1, 0.15) is 18.5 Å². The van der Waals surface area contributed by atoms with Crippen LogP contribution in [0.15, 0.2) is 52.2 Å². The lowest BCUT2D eigenvalue weighted by Gasteiger charge is -2.15. The fourth-order valence-corrected chi connectivity index (χ4v) is 2.77. The molecule has 0 saturated carbocycles. The smallest absolute Gasteiger partial charge is 0.124 e. The number of rotatable bonds is 6. The van der Waals surface area contributed by atoms with Crippen LogP contribution in [-0.2, 0) is 0 Å². The topological polar surface area (TPSA) is 25.2 Å². The summed E-state index contributed by atoms with van der Waals surface area (Å²) in [6.07, 6.45) is 3.42. The SMILES string of the molecule is CCNC(CSc1cccc(F)c1)c1ccoc1. The molecule has 18 heavy (non-hydrogen) atoms. The summed E-state index contributed by atoms with van der Waals surface area (Å²) >= 11 is 1.64. The summed E-state index contributed by atoms with van der Waals surface area (Å²) < 4.78 is 18.2. The van der Waals surface area contributed by atoms with Gasteiger partial charge in [0.1, 0.15) is 5.82 Å². The van der Waals surface area contributed by atoms with E-state index in [0.717, 1.165) is 22.8 Å². The molecule has 2 rings (SSSR count). The van der Waals surface area contributed by atoms with Crippen LogP contribution in [0.25, 0.3) is 0 Å². The van der Waals surface area contributed by atoms with Crippen LogP contribution >= 0.6 is 11.8 Å². The zero-order valence-electron chi connectivity index (χ0n) is 10.2. The second kappa shape index (κ2) is 6.61. The third-order valence-electron chi connectivity index (χ3n) is 2.61. The van der Waals surface area contributed by atoms with Gasteiger partial charge in [0.05, 0.1) is 12.5 Å². The molecule has 0 aliphatic carbocycles. The molecule has 0 bridgehead atoms. The van der Waals surface area contributed by atoms with Crippen molar-refractivity contribution >= 4 is 11.8 Å². The van der Waals surface area contributed by atoms with Crippen LogP contribution in [0.3, 0.4) is 0 Å². The van der Waals surface area contributed by atoms with Crippen molar-refractivity contribution in [3.8, 4) is 0 Å². The molecule has 2 nitrogen and oxygen atoms in total. The molecule has 1 aromatic heterocycles. The minimum absolute atomic E-state index is 0.191. The van der Waals surface area contributed by atoms with Gasteiger partial charge in [0.15, 0.2) is 0 Å². The quantitative estimate of drug-likeness (QED) is 0.803. The number of thioether (sulfide) groups is 1. The van der Waals surface area contributed by atoms with Gasteiger partial charge in [-0.2, -0.15) is 0 Å². The van der Waals surface area contributed by atoms with Crippen molar-refractivity contribution in [3.63, 3.8) is 0 Å². The van der Waals surface area contributed by atoms with E-state index in [9.17, 15) is 4.39 Å². The van der Waals surface area contributed by atoms with Gasteiger partial charge in [0, 0.05) is 22.3 Å². The van der Waals surface area contributed by atoms with Gasteiger partial charge in [-0.25, -0.2) is 4.39 Å². The lowest BCUT2D eigenvalue weighted by molar-refractivity contribution is 0.548. The van der Waals surface area contributed by atoms with Crippen molar-refractivity contribution in [2.45, 2.75) is 17.9 Å². The maximum absolute atomic E-state index is 13.1. The molecule has 0 spiro atoms. The van der Waals surface area contributed by atoms with Crippen molar-refractivity contribution in [2.75, 3.05) is 12.3 Å². The summed E-state index contributed by atoms with van der Waals surface area (Å²) in [5, 5.41) is 3.40. The third kappa shape index (κ3) is 3.62. The van der Waals surface area contributed by atoms with Gasteiger partial charge in [-0.1, -0.05) is 13.0 Å². The van der Waals surface area contributed by atoms with E-state index in [4.69, 9.17) is 4.42 Å². The summed E-state index contributed by atoms with van der Waals surface area (Å²) in [5.41, 5.74) is 1.13. The fraction of sp³-hybridized carbons (Fsp3) is 0.286. The number of furan rings is 1. The summed E-state index contributed by atoms with van der Waals surface area (Å²) in [4.78, 5) is 0.946. The Labute approximate surface area is 111 Å². The first-order chi connectivity index (χ1) is 8.79. The van der Waals surface area contributed by atoms with E-state index >= 15 is 0 Å². The van der Waals surface area contributed by atoms with Gasteiger partial charge in [0.2, 0.25) is 0 Å². The lowest BCUT2D eigenvalue weighted by atomic mass is 10.2. The zero-order chi connectivity index (χ0) is 12.8. The first-order valence-electron chi connectivity index (χ1n) is 5.93. The second-order valence-electron chi connectivity index (χ2n) is 3.94. The Hall–Kier alpha value is -1.26. The fourth-order valence-electron chi connectivity index (χ4n) is 1.73. The van der Waals surface area contributed by atoms with Crippen LogP contribution in [0.4, 0.5) is 4.39 Å². The van der Waals surface area contributed by atoms with E-state index in [1.807, 2.05) is 12.1 Å². The van der Waals surface area contributed by atoms with Crippen LogP contribution < -0.4 is 5.32 Å². The lowest BCUT2D eigenvalue weighted by Crippen LogP contribution is -2.22. The maximum Gasteiger partial charge on any atom is 0.124 e. The Morgan fingerprint density at radius 2 is 2.28 bits per heavy atom. The first-order valence-corrected chi connectivity index (χ1v) is 6.92. The van der Waals surface area contributed by atoms with Gasteiger partial charge >= 0.3 is 0 Å². The Balaban J connectivity index is 1.98. The second-order valence-corrected chi connectivity index (χ2v) is 5.03. The molecule has 0 fully saturated rings. The third-order valence-corrected chi connectivity index (χ3v) is 3.70. The number of nitrogens with one attached hydrogen (secondary N) is 1. The molecule has 1 aromatic carbocycles. The minimum Gasteiger partial charge on any atom is -0.472 e. The predicted molar refractivity (Wildman–Crippen MR) is 72.2 cm³/mol. The highest BCUT2D eigenvalue weighted by Gasteiger charge is 2.12. The maximum atomic E-state index is 13.1. The van der Waals surface area contributed by atoms with E-state index in [-0.39, 0.29) is 11.9 Å². The summed E-state index contributed by atoms with van der Waals surface area (Å²) in [7, 11) is 0. The van der Waals surface area contributed by atoms with E-state index in [1.165, 1.54) is 6.07 Å². The van der Waals surface area contributed by atoms with E-state index in [0.29, 0.717) is 0 Å². The molecule has 0 aliphatic heterocycles. The van der Waals surface area contributed by atoms with Crippen molar-refractivity contribution < 1.29 is 8.81 Å². The zero-order valence-corrected chi connectivity index (χ0v) is 11.0. The highest BCUT2D eigenvalue weighted by Crippen LogP contribution is 2.25. The average Bonchev–Trinajstić information content (AvgIpc) is 2.88. The molecular weight excluding hydrogens is 249 g/mol. The van der Waals surface area contributed by atoms with Crippen LogP contribution in [-0.4, -0.2) is 12.3 Å². The average molecular weight is 265 g/mol. The highest BCUT2D eigenvalue weighted by atomic mass is 32.2. The summed E-state index contributed by atoms with van der Waals surface area (Å²) in [6, 6.07) is 8.86. The van der Waals surface area contributed by atoms with Gasteiger partial charge < -0.3 is 9.73 Å². The van der Waals surface area contributed by atoms with Gasteiger partial charge in [-0.15, -0.1) is 11.8 Å². The standard InChI is InChI=1S/C14H16FNOS/c1-2-16-14(11-6-7-17-9-11)10-18-13-5-3-4-12(15)8-13/h3-9,14,16H,2,10H2,1H3. The van der Waals surface area contributed by atoms with Gasteiger partial charge in [-0.3, -0.25) is 0 Å². The van der Waals surface area contributed by atoms with Crippen molar-refractivity contribution in [1.29, 1.82) is 0 Å². The number of benzene rings is 1. The molecule has 96 valence electrons. The number of halogens is 1. The molecule has 1 N–H and O–H groups in total. The highest BCUT2D eigenvalue weighted by molar-refractivity contribution is 7.99. The van der Waals surface area contributed by atoms with Crippen molar-refractivity contribution in [1.82, 2.24) is 5.32 Å². The molecule has 2 aromatic rings. The molecule has 0 saturated heterocycles. The summed E-state index contributed by atoms with van der Waals surface area (Å²) in [5.74, 6) is 0.653. The van der Waals surface area contributed by atoms with Crippen LogP contribution in [0.5, 0.6) is 0 Å². The van der Waals surface area contributed by atoms with E-state index in [1.54, 1.807) is 36.4 Å². The molecule has 0 radical (unpaired) electrons. The molecule has 1 heterocycles. The predicted octanol–water partition coefficient (Wildman–Crippen LogP) is 3.86. The Morgan fingerprint density at radius 3 is 2.94 bits per heavy atom. The minimum atomic E-state index is -0.191. The van der Waals surface area contributed by atoms with E-state index < -0.39 is 0 Å². The molecule has 1 atom stereocenters. The molecule has 4 heteroatoms. The van der Waals surface area contributed by atoms with Crippen LogP contribution in [0.2, 0.25) is 0 Å².